The Kier molecular flexibility index (Phi) is 4.82. The average Bonchev–Trinajstić information content (AvgIpc) is 2.72. The van der Waals surface area contributed by atoms with Gasteiger partial charge in [0.15, 0.2) is 0 Å². The van der Waals surface area contributed by atoms with Crippen LogP contribution in [-0.4, -0.2) is 29.6 Å². The van der Waals surface area contributed by atoms with Crippen LogP contribution in [0.4, 0.5) is 0 Å². The fourth-order valence-electron chi connectivity index (χ4n) is 2.19. The van der Waals surface area contributed by atoms with Crippen molar-refractivity contribution in [2.75, 3.05) is 18.8 Å². The highest BCUT2D eigenvalue weighted by atomic mass is 35.5. The molecule has 1 heterocycles. The van der Waals surface area contributed by atoms with E-state index in [-0.39, 0.29) is 5.91 Å². The fraction of sp³-hybridized carbons (Fsp3) is 0.462. The summed E-state index contributed by atoms with van der Waals surface area (Å²) in [5.74, 6) is 1.36. The maximum atomic E-state index is 11.7. The van der Waals surface area contributed by atoms with Gasteiger partial charge in [0.2, 0.25) is 5.91 Å². The van der Waals surface area contributed by atoms with E-state index in [4.69, 9.17) is 23.2 Å². The van der Waals surface area contributed by atoms with E-state index in [9.17, 15) is 4.79 Å². The molecule has 1 amide bonds. The van der Waals surface area contributed by atoms with Crippen LogP contribution in [0.5, 0.6) is 0 Å². The van der Waals surface area contributed by atoms with E-state index in [0.717, 1.165) is 24.3 Å². The van der Waals surface area contributed by atoms with Gasteiger partial charge < -0.3 is 4.90 Å². The molecule has 1 aromatic carbocycles. The molecule has 1 unspecified atom stereocenters. The van der Waals surface area contributed by atoms with E-state index >= 15 is 0 Å². The summed E-state index contributed by atoms with van der Waals surface area (Å²) in [6, 6.07) is 5.60. The first-order valence-electron chi connectivity index (χ1n) is 5.93. The largest absolute Gasteiger partial charge is 0.342 e. The number of benzene rings is 1. The van der Waals surface area contributed by atoms with Crippen LogP contribution >= 0.6 is 35.8 Å². The molecule has 5 heteroatoms. The lowest BCUT2D eigenvalue weighted by Gasteiger charge is -2.16. The number of nitrogens with zero attached hydrogens (tertiary/aromatic N) is 1. The molecule has 0 aromatic heterocycles. The molecule has 1 saturated heterocycles. The number of carbonyl (C=O) groups excluding carboxylic acids is 1. The van der Waals surface area contributed by atoms with Crippen LogP contribution in [0.1, 0.15) is 12.0 Å². The van der Waals surface area contributed by atoms with Crippen molar-refractivity contribution >= 4 is 41.7 Å². The summed E-state index contributed by atoms with van der Waals surface area (Å²) in [7, 11) is 0. The summed E-state index contributed by atoms with van der Waals surface area (Å²) < 4.78 is 0. The van der Waals surface area contributed by atoms with Gasteiger partial charge in [-0.1, -0.05) is 35.3 Å². The Morgan fingerprint density at radius 1 is 1.39 bits per heavy atom. The number of hydrogen-bond acceptors (Lipinski definition) is 2. The fourth-order valence-corrected chi connectivity index (χ4v) is 2.85. The lowest BCUT2D eigenvalue weighted by Crippen LogP contribution is -2.27. The molecule has 0 saturated carbocycles. The van der Waals surface area contributed by atoms with Gasteiger partial charge >= 0.3 is 0 Å². The summed E-state index contributed by atoms with van der Waals surface area (Å²) in [6.45, 7) is 1.50. The van der Waals surface area contributed by atoms with Gasteiger partial charge in [-0.3, -0.25) is 4.79 Å². The number of thiol groups is 1. The van der Waals surface area contributed by atoms with E-state index in [0.29, 0.717) is 28.9 Å². The van der Waals surface area contributed by atoms with Crippen LogP contribution in [-0.2, 0) is 11.2 Å². The topological polar surface area (TPSA) is 20.3 Å². The van der Waals surface area contributed by atoms with Crippen molar-refractivity contribution in [1.82, 2.24) is 4.90 Å². The molecule has 0 bridgehead atoms. The molecule has 0 radical (unpaired) electrons. The second-order valence-corrected chi connectivity index (χ2v) is 5.71. The lowest BCUT2D eigenvalue weighted by atomic mass is 10.1. The maximum absolute atomic E-state index is 11.7. The Balaban J connectivity index is 1.96. The van der Waals surface area contributed by atoms with Crippen molar-refractivity contribution in [3.63, 3.8) is 0 Å². The Morgan fingerprint density at radius 3 is 2.83 bits per heavy atom. The molecule has 1 fully saturated rings. The third-order valence-electron chi connectivity index (χ3n) is 3.24. The van der Waals surface area contributed by atoms with E-state index < -0.39 is 0 Å². The molecule has 0 spiro atoms. The van der Waals surface area contributed by atoms with Crippen LogP contribution < -0.4 is 0 Å². The third-order valence-corrected chi connectivity index (χ3v) is 4.61. The average molecular weight is 304 g/mol. The first-order chi connectivity index (χ1) is 8.61. The van der Waals surface area contributed by atoms with Gasteiger partial charge in [-0.2, -0.15) is 12.6 Å². The Bertz CT molecular complexity index is 453. The van der Waals surface area contributed by atoms with Crippen molar-refractivity contribution in [2.24, 2.45) is 5.92 Å². The summed E-state index contributed by atoms with van der Waals surface area (Å²) in [5.41, 5.74) is 0.992. The number of halogens is 2. The maximum Gasteiger partial charge on any atom is 0.222 e. The number of amides is 1. The Labute approximate surface area is 123 Å². The molecule has 1 aromatic rings. The van der Waals surface area contributed by atoms with Crippen molar-refractivity contribution in [2.45, 2.75) is 12.8 Å². The van der Waals surface area contributed by atoms with Crippen molar-refractivity contribution < 1.29 is 4.79 Å². The summed E-state index contributed by atoms with van der Waals surface area (Å²) in [5, 5.41) is 1.16. The van der Waals surface area contributed by atoms with Gasteiger partial charge in [-0.25, -0.2) is 0 Å². The lowest BCUT2D eigenvalue weighted by molar-refractivity contribution is -0.127. The highest BCUT2D eigenvalue weighted by Crippen LogP contribution is 2.26. The number of hydrogen-bond donors (Lipinski definition) is 1. The van der Waals surface area contributed by atoms with E-state index in [1.165, 1.54) is 0 Å². The van der Waals surface area contributed by atoms with Crippen molar-refractivity contribution in [3.05, 3.63) is 33.8 Å². The standard InChI is InChI=1S/C13H15Cl2NOS/c14-11-3-1-2-10(13(11)15)4-5-16-7-9(8-18)6-12(16)17/h1-3,9,18H,4-8H2. The minimum Gasteiger partial charge on any atom is -0.342 e. The summed E-state index contributed by atoms with van der Waals surface area (Å²) in [6.07, 6.45) is 1.36. The van der Waals surface area contributed by atoms with Gasteiger partial charge in [-0.15, -0.1) is 0 Å². The minimum absolute atomic E-state index is 0.215. The third kappa shape index (κ3) is 3.14. The Morgan fingerprint density at radius 2 is 2.17 bits per heavy atom. The molecule has 1 aliphatic rings. The zero-order valence-electron chi connectivity index (χ0n) is 9.90. The molecule has 1 atom stereocenters. The zero-order valence-corrected chi connectivity index (χ0v) is 12.3. The zero-order chi connectivity index (χ0) is 13.1. The summed E-state index contributed by atoms with van der Waals surface area (Å²) in [4.78, 5) is 13.6. The van der Waals surface area contributed by atoms with Gasteiger partial charge in [0, 0.05) is 19.5 Å². The molecule has 2 rings (SSSR count). The van der Waals surface area contributed by atoms with Gasteiger partial charge in [0.1, 0.15) is 0 Å². The van der Waals surface area contributed by atoms with E-state index in [1.54, 1.807) is 6.07 Å². The van der Waals surface area contributed by atoms with Crippen LogP contribution in [0.15, 0.2) is 18.2 Å². The predicted molar refractivity (Wildman–Crippen MR) is 78.7 cm³/mol. The molecule has 0 N–H and O–H groups in total. The molecule has 2 nitrogen and oxygen atoms in total. The van der Waals surface area contributed by atoms with Gasteiger partial charge in [0.25, 0.3) is 0 Å². The quantitative estimate of drug-likeness (QED) is 0.846. The second kappa shape index (κ2) is 6.18. The molecule has 1 aliphatic heterocycles. The summed E-state index contributed by atoms with van der Waals surface area (Å²) >= 11 is 16.3. The normalized spacial score (nSPS) is 19.6. The van der Waals surface area contributed by atoms with Crippen LogP contribution in [0.2, 0.25) is 10.0 Å². The predicted octanol–water partition coefficient (Wildman–Crippen LogP) is 3.31. The molecule has 18 heavy (non-hydrogen) atoms. The van der Waals surface area contributed by atoms with Crippen molar-refractivity contribution in [1.29, 1.82) is 0 Å². The smallest absolute Gasteiger partial charge is 0.222 e. The number of likely N-dealkylation sites (tertiary alicyclic amines) is 1. The minimum atomic E-state index is 0.215. The second-order valence-electron chi connectivity index (χ2n) is 4.56. The first-order valence-corrected chi connectivity index (χ1v) is 7.32. The van der Waals surface area contributed by atoms with Gasteiger partial charge in [0.05, 0.1) is 10.0 Å². The molecular weight excluding hydrogens is 289 g/mol. The Hall–Kier alpha value is -0.380. The number of carbonyl (C=O) groups is 1. The van der Waals surface area contributed by atoms with Crippen molar-refractivity contribution in [3.8, 4) is 0 Å². The SMILES string of the molecule is O=C1CC(CS)CN1CCc1cccc(Cl)c1Cl. The first kappa shape index (κ1) is 14.0. The number of rotatable bonds is 4. The molecular formula is C13H15Cl2NOS. The highest BCUT2D eigenvalue weighted by molar-refractivity contribution is 7.80. The van der Waals surface area contributed by atoms with Crippen LogP contribution in [0.25, 0.3) is 0 Å². The van der Waals surface area contributed by atoms with Crippen LogP contribution in [0, 0.1) is 5.92 Å². The van der Waals surface area contributed by atoms with E-state index in [2.05, 4.69) is 12.6 Å². The monoisotopic (exact) mass is 303 g/mol. The van der Waals surface area contributed by atoms with E-state index in [1.807, 2.05) is 17.0 Å². The highest BCUT2D eigenvalue weighted by Gasteiger charge is 2.28. The van der Waals surface area contributed by atoms with Crippen LogP contribution in [0.3, 0.4) is 0 Å². The van der Waals surface area contributed by atoms with Gasteiger partial charge in [-0.05, 0) is 29.7 Å². The molecule has 98 valence electrons. The molecule has 0 aliphatic carbocycles.